The first-order valence-corrected chi connectivity index (χ1v) is 4.09. The van der Waals surface area contributed by atoms with Gasteiger partial charge in [0.15, 0.2) is 0 Å². The second kappa shape index (κ2) is 2.92. The lowest BCUT2D eigenvalue weighted by Gasteiger charge is -2.36. The van der Waals surface area contributed by atoms with Gasteiger partial charge in [-0.2, -0.15) is 0 Å². The zero-order valence-corrected chi connectivity index (χ0v) is 7.72. The summed E-state index contributed by atoms with van der Waals surface area (Å²) in [6.45, 7) is 6.18. The van der Waals surface area contributed by atoms with Crippen LogP contribution in [0.4, 0.5) is 9.18 Å². The third kappa shape index (κ3) is 2.36. The molecule has 0 atom stereocenters. The smallest absolute Gasteiger partial charge is 0.317 e. The van der Waals surface area contributed by atoms with E-state index in [1.807, 2.05) is 20.8 Å². The van der Waals surface area contributed by atoms with Crippen LogP contribution in [0.3, 0.4) is 0 Å². The standard InChI is InChI=1S/C8H15FN2O/c1-8(2,3)10-7(12)11-4-6(9)5-11/h6H,4-5H2,1-3H3,(H,10,12). The predicted molar refractivity (Wildman–Crippen MR) is 44.8 cm³/mol. The van der Waals surface area contributed by atoms with Gasteiger partial charge in [0.1, 0.15) is 6.17 Å². The summed E-state index contributed by atoms with van der Waals surface area (Å²) < 4.78 is 12.3. The number of carbonyl (C=O) groups is 1. The Hall–Kier alpha value is -0.800. The van der Waals surface area contributed by atoms with Gasteiger partial charge in [0.2, 0.25) is 0 Å². The van der Waals surface area contributed by atoms with E-state index < -0.39 is 6.17 Å². The van der Waals surface area contributed by atoms with Crippen molar-refractivity contribution >= 4 is 6.03 Å². The Kier molecular flexibility index (Phi) is 2.26. The number of alkyl halides is 1. The maximum atomic E-state index is 12.3. The third-order valence-corrected chi connectivity index (χ3v) is 1.61. The molecule has 0 aromatic carbocycles. The van der Waals surface area contributed by atoms with Crippen molar-refractivity contribution in [3.8, 4) is 0 Å². The minimum Gasteiger partial charge on any atom is -0.333 e. The van der Waals surface area contributed by atoms with Crippen molar-refractivity contribution in [1.82, 2.24) is 10.2 Å². The Morgan fingerprint density at radius 1 is 1.50 bits per heavy atom. The molecule has 4 heteroatoms. The molecule has 1 rings (SSSR count). The number of hydrogen-bond acceptors (Lipinski definition) is 1. The third-order valence-electron chi connectivity index (χ3n) is 1.61. The molecule has 3 nitrogen and oxygen atoms in total. The summed E-state index contributed by atoms with van der Waals surface area (Å²) in [4.78, 5) is 12.7. The van der Waals surface area contributed by atoms with E-state index in [9.17, 15) is 9.18 Å². The number of amides is 2. The van der Waals surface area contributed by atoms with Crippen LogP contribution < -0.4 is 5.32 Å². The Bertz CT molecular complexity index is 182. The lowest BCUT2D eigenvalue weighted by molar-refractivity contribution is 0.0861. The van der Waals surface area contributed by atoms with Gasteiger partial charge in [-0.3, -0.25) is 0 Å². The largest absolute Gasteiger partial charge is 0.333 e. The Morgan fingerprint density at radius 2 is 2.00 bits per heavy atom. The molecule has 2 amide bonds. The van der Waals surface area contributed by atoms with Gasteiger partial charge in [-0.1, -0.05) is 0 Å². The highest BCUT2D eigenvalue weighted by molar-refractivity contribution is 5.75. The van der Waals surface area contributed by atoms with Crippen molar-refractivity contribution in [3.05, 3.63) is 0 Å². The number of carbonyl (C=O) groups excluding carboxylic acids is 1. The minimum atomic E-state index is -0.823. The molecule has 0 bridgehead atoms. The molecule has 1 saturated heterocycles. The molecule has 70 valence electrons. The normalized spacial score (nSPS) is 18.8. The molecular formula is C8H15FN2O. The number of hydrogen-bond donors (Lipinski definition) is 1. The van der Waals surface area contributed by atoms with Crippen molar-refractivity contribution in [2.75, 3.05) is 13.1 Å². The molecule has 0 unspecified atom stereocenters. The van der Waals surface area contributed by atoms with Crippen molar-refractivity contribution in [3.63, 3.8) is 0 Å². The molecule has 0 radical (unpaired) electrons. The van der Waals surface area contributed by atoms with Crippen LogP contribution in [-0.4, -0.2) is 35.7 Å². The monoisotopic (exact) mass is 174 g/mol. The SMILES string of the molecule is CC(C)(C)NC(=O)N1CC(F)C1. The molecule has 1 aliphatic rings. The number of nitrogens with one attached hydrogen (secondary N) is 1. The molecule has 0 aromatic heterocycles. The summed E-state index contributed by atoms with van der Waals surface area (Å²) in [5.41, 5.74) is -0.238. The Balaban J connectivity index is 2.30. The van der Waals surface area contributed by atoms with Gasteiger partial charge in [-0.25, -0.2) is 9.18 Å². The highest BCUT2D eigenvalue weighted by Crippen LogP contribution is 2.12. The molecule has 1 aliphatic heterocycles. The van der Waals surface area contributed by atoms with Crippen LogP contribution in [0.1, 0.15) is 20.8 Å². The number of nitrogens with zero attached hydrogens (tertiary/aromatic N) is 1. The summed E-state index contributed by atoms with van der Waals surface area (Å²) in [7, 11) is 0. The van der Waals surface area contributed by atoms with E-state index in [-0.39, 0.29) is 24.7 Å². The fraction of sp³-hybridized carbons (Fsp3) is 0.875. The number of rotatable bonds is 0. The zero-order chi connectivity index (χ0) is 9.35. The van der Waals surface area contributed by atoms with Gasteiger partial charge < -0.3 is 10.2 Å². The molecule has 0 spiro atoms. The van der Waals surface area contributed by atoms with Gasteiger partial charge >= 0.3 is 6.03 Å². The van der Waals surface area contributed by atoms with Crippen molar-refractivity contribution in [2.45, 2.75) is 32.5 Å². The maximum absolute atomic E-state index is 12.3. The van der Waals surface area contributed by atoms with Crippen LogP contribution in [-0.2, 0) is 0 Å². The zero-order valence-electron chi connectivity index (χ0n) is 7.72. The minimum absolute atomic E-state index is 0.170. The van der Waals surface area contributed by atoms with E-state index in [2.05, 4.69) is 5.32 Å². The first-order chi connectivity index (χ1) is 5.38. The van der Waals surface area contributed by atoms with Crippen molar-refractivity contribution in [1.29, 1.82) is 0 Å². The summed E-state index contributed by atoms with van der Waals surface area (Å²) >= 11 is 0. The molecule has 0 saturated carbocycles. The second-order valence-electron chi connectivity index (χ2n) is 4.18. The quantitative estimate of drug-likeness (QED) is 0.587. The van der Waals surface area contributed by atoms with E-state index in [1.54, 1.807) is 0 Å². The van der Waals surface area contributed by atoms with E-state index in [1.165, 1.54) is 4.90 Å². The van der Waals surface area contributed by atoms with Crippen LogP contribution in [0.5, 0.6) is 0 Å². The molecular weight excluding hydrogens is 159 g/mol. The summed E-state index contributed by atoms with van der Waals surface area (Å²) in [5.74, 6) is 0. The second-order valence-corrected chi connectivity index (χ2v) is 4.18. The van der Waals surface area contributed by atoms with E-state index in [4.69, 9.17) is 0 Å². The van der Waals surface area contributed by atoms with Crippen molar-refractivity contribution < 1.29 is 9.18 Å². The van der Waals surface area contributed by atoms with Gasteiger partial charge in [0, 0.05) is 5.54 Å². The Labute approximate surface area is 71.9 Å². The average Bonchev–Trinajstić information content (AvgIpc) is 1.76. The van der Waals surface area contributed by atoms with E-state index in [0.29, 0.717) is 0 Å². The van der Waals surface area contributed by atoms with Crippen molar-refractivity contribution in [2.24, 2.45) is 0 Å². The number of urea groups is 1. The molecule has 12 heavy (non-hydrogen) atoms. The van der Waals surface area contributed by atoms with Gasteiger partial charge in [-0.05, 0) is 20.8 Å². The van der Waals surface area contributed by atoms with Crippen LogP contribution >= 0.6 is 0 Å². The molecule has 1 heterocycles. The highest BCUT2D eigenvalue weighted by atomic mass is 19.1. The lowest BCUT2D eigenvalue weighted by Crippen LogP contribution is -2.58. The Morgan fingerprint density at radius 3 is 2.33 bits per heavy atom. The van der Waals surface area contributed by atoms with Gasteiger partial charge in [-0.15, -0.1) is 0 Å². The highest BCUT2D eigenvalue weighted by Gasteiger charge is 2.31. The topological polar surface area (TPSA) is 32.3 Å². The summed E-state index contributed by atoms with van der Waals surface area (Å²) in [6, 6.07) is -0.170. The fourth-order valence-electron chi connectivity index (χ4n) is 0.990. The predicted octanol–water partition coefficient (Wildman–Crippen LogP) is 1.15. The number of halogens is 1. The molecule has 1 N–H and O–H groups in total. The van der Waals surface area contributed by atoms with E-state index >= 15 is 0 Å². The molecule has 0 aliphatic carbocycles. The molecule has 0 aromatic rings. The first-order valence-electron chi connectivity index (χ1n) is 4.09. The maximum Gasteiger partial charge on any atom is 0.317 e. The first kappa shape index (κ1) is 9.29. The number of likely N-dealkylation sites (tertiary alicyclic amines) is 1. The summed E-state index contributed by atoms with van der Waals surface area (Å²) in [5, 5.41) is 2.76. The fourth-order valence-corrected chi connectivity index (χ4v) is 0.990. The van der Waals surface area contributed by atoms with Crippen LogP contribution in [0, 0.1) is 0 Å². The van der Waals surface area contributed by atoms with Gasteiger partial charge in [0.25, 0.3) is 0 Å². The van der Waals surface area contributed by atoms with Crippen LogP contribution in [0.15, 0.2) is 0 Å². The van der Waals surface area contributed by atoms with E-state index in [0.717, 1.165) is 0 Å². The molecule has 1 fully saturated rings. The lowest BCUT2D eigenvalue weighted by atomic mass is 10.1. The van der Waals surface area contributed by atoms with Crippen LogP contribution in [0.25, 0.3) is 0 Å². The van der Waals surface area contributed by atoms with Crippen LogP contribution in [0.2, 0.25) is 0 Å². The van der Waals surface area contributed by atoms with Gasteiger partial charge in [0.05, 0.1) is 13.1 Å². The summed E-state index contributed by atoms with van der Waals surface area (Å²) in [6.07, 6.45) is -0.823. The average molecular weight is 174 g/mol.